The first-order valence-corrected chi connectivity index (χ1v) is 4.47. The van der Waals surface area contributed by atoms with Crippen molar-refractivity contribution >= 4 is 23.4 Å². The van der Waals surface area contributed by atoms with Crippen LogP contribution >= 0.6 is 11.6 Å². The molecule has 0 unspecified atom stereocenters. The Morgan fingerprint density at radius 2 is 2.24 bits per heavy atom. The van der Waals surface area contributed by atoms with Gasteiger partial charge < -0.3 is 14.9 Å². The van der Waals surface area contributed by atoms with Crippen molar-refractivity contribution in [3.05, 3.63) is 32.5 Å². The number of carbonyl (C=O) groups excluding carboxylic acids is 1. The van der Waals surface area contributed by atoms with E-state index in [2.05, 4.69) is 9.72 Å². The van der Waals surface area contributed by atoms with Gasteiger partial charge in [0.15, 0.2) is 11.8 Å². The van der Waals surface area contributed by atoms with Crippen LogP contribution in [0.5, 0.6) is 0 Å². The first-order chi connectivity index (χ1) is 7.90. The second-order valence-corrected chi connectivity index (χ2v) is 3.18. The largest absolute Gasteiger partial charge is 0.465 e. The molecule has 0 spiro atoms. The van der Waals surface area contributed by atoms with Crippen LogP contribution in [-0.2, 0) is 4.74 Å². The number of carbonyl (C=O) groups is 1. The van der Waals surface area contributed by atoms with E-state index in [9.17, 15) is 23.7 Å². The highest BCUT2D eigenvalue weighted by Gasteiger charge is 2.33. The first-order valence-electron chi connectivity index (χ1n) is 4.09. The van der Waals surface area contributed by atoms with Gasteiger partial charge in [0.1, 0.15) is 0 Å². The summed E-state index contributed by atoms with van der Waals surface area (Å²) in [4.78, 5) is 24.0. The molecule has 0 radical (unpaired) electrons. The molecule has 17 heavy (non-hydrogen) atoms. The lowest BCUT2D eigenvalue weighted by Gasteiger charge is -2.07. The number of aromatic nitrogens is 1. The topological polar surface area (TPSA) is 82.3 Å². The van der Waals surface area contributed by atoms with Crippen molar-refractivity contribution in [2.75, 3.05) is 7.11 Å². The summed E-state index contributed by atoms with van der Waals surface area (Å²) in [5, 5.41) is 10.0. The van der Waals surface area contributed by atoms with Gasteiger partial charge in [0.2, 0.25) is 0 Å². The molecule has 0 fully saturated rings. The van der Waals surface area contributed by atoms with E-state index < -0.39 is 39.3 Å². The van der Waals surface area contributed by atoms with Gasteiger partial charge in [-0.15, -0.1) is 0 Å². The summed E-state index contributed by atoms with van der Waals surface area (Å²) in [6.45, 7) is 0. The molecular formula is C8H5ClF2N2O4. The van der Waals surface area contributed by atoms with E-state index in [1.807, 2.05) is 0 Å². The Balaban J connectivity index is 3.61. The Kier molecular flexibility index (Phi) is 3.89. The lowest BCUT2D eigenvalue weighted by molar-refractivity contribution is -0.390. The van der Waals surface area contributed by atoms with Crippen molar-refractivity contribution in [1.29, 1.82) is 0 Å². The number of hydrogen-bond acceptors (Lipinski definition) is 5. The lowest BCUT2D eigenvalue weighted by atomic mass is 10.1. The quantitative estimate of drug-likeness (QED) is 0.476. The molecule has 1 rings (SSSR count). The number of halogens is 3. The zero-order chi connectivity index (χ0) is 13.2. The molecule has 1 aromatic rings. The van der Waals surface area contributed by atoms with Gasteiger partial charge in [0.05, 0.1) is 17.7 Å². The zero-order valence-corrected chi connectivity index (χ0v) is 9.07. The van der Waals surface area contributed by atoms with Crippen LogP contribution in [-0.4, -0.2) is 23.0 Å². The normalized spacial score (nSPS) is 10.4. The van der Waals surface area contributed by atoms with Gasteiger partial charge in [-0.1, -0.05) is 11.6 Å². The number of ether oxygens (including phenoxy) is 1. The van der Waals surface area contributed by atoms with Crippen molar-refractivity contribution in [3.8, 4) is 0 Å². The molecule has 0 atom stereocenters. The molecular weight excluding hydrogens is 262 g/mol. The fourth-order valence-corrected chi connectivity index (χ4v) is 1.37. The van der Waals surface area contributed by atoms with E-state index in [4.69, 9.17) is 11.6 Å². The lowest BCUT2D eigenvalue weighted by Crippen LogP contribution is -2.12. The number of hydrogen-bond donors (Lipinski definition) is 0. The van der Waals surface area contributed by atoms with E-state index in [0.717, 1.165) is 7.11 Å². The minimum atomic E-state index is -3.15. The first kappa shape index (κ1) is 13.2. The maximum Gasteiger partial charge on any atom is 0.378 e. The summed E-state index contributed by atoms with van der Waals surface area (Å²) in [6.07, 6.45) is -2.47. The Hall–Kier alpha value is -1.83. The second-order valence-electron chi connectivity index (χ2n) is 2.77. The number of alkyl halides is 2. The minimum absolute atomic E-state index is 0.536. The van der Waals surface area contributed by atoms with Crippen molar-refractivity contribution in [2.24, 2.45) is 0 Å². The minimum Gasteiger partial charge on any atom is -0.465 e. The molecule has 0 aliphatic heterocycles. The summed E-state index contributed by atoms with van der Waals surface area (Å²) in [5.74, 6) is -2.31. The van der Waals surface area contributed by atoms with Crippen molar-refractivity contribution < 1.29 is 23.2 Å². The summed E-state index contributed by atoms with van der Waals surface area (Å²) in [6, 6.07) is 0. The van der Waals surface area contributed by atoms with Crippen LogP contribution in [0.15, 0.2) is 6.20 Å². The molecule has 92 valence electrons. The van der Waals surface area contributed by atoms with E-state index in [-0.39, 0.29) is 0 Å². The van der Waals surface area contributed by atoms with Crippen LogP contribution in [0, 0.1) is 10.1 Å². The van der Waals surface area contributed by atoms with E-state index in [1.165, 1.54) is 0 Å². The van der Waals surface area contributed by atoms with Gasteiger partial charge >= 0.3 is 11.8 Å². The van der Waals surface area contributed by atoms with Gasteiger partial charge in [0.25, 0.3) is 6.43 Å². The van der Waals surface area contributed by atoms with Crippen molar-refractivity contribution in [3.63, 3.8) is 0 Å². The molecule has 0 aliphatic carbocycles. The summed E-state index contributed by atoms with van der Waals surface area (Å²) < 4.78 is 29.6. The standard InChI is InChI=1S/C8H5ClF2N2O4/c1-17-8(14)5-4(6(10)11)3(9)2-12-7(5)13(15)16/h2,6H,1H3. The third-order valence-corrected chi connectivity index (χ3v) is 2.13. The Bertz CT molecular complexity index is 481. The highest BCUT2D eigenvalue weighted by atomic mass is 35.5. The average Bonchev–Trinajstić information content (AvgIpc) is 2.26. The maximum absolute atomic E-state index is 12.7. The number of nitrogens with zero attached hydrogens (tertiary/aromatic N) is 2. The van der Waals surface area contributed by atoms with Gasteiger partial charge in [-0.25, -0.2) is 13.6 Å². The van der Waals surface area contributed by atoms with Crippen LogP contribution in [0.1, 0.15) is 22.3 Å². The molecule has 9 heteroatoms. The van der Waals surface area contributed by atoms with Crippen molar-refractivity contribution in [2.45, 2.75) is 6.43 Å². The van der Waals surface area contributed by atoms with Crippen LogP contribution < -0.4 is 0 Å². The van der Waals surface area contributed by atoms with Crippen LogP contribution in [0.2, 0.25) is 5.02 Å². The summed E-state index contributed by atoms with van der Waals surface area (Å²) in [7, 11) is 0.905. The fourth-order valence-electron chi connectivity index (χ4n) is 1.15. The smallest absolute Gasteiger partial charge is 0.378 e. The third kappa shape index (κ3) is 2.47. The van der Waals surface area contributed by atoms with Crippen LogP contribution in [0.4, 0.5) is 14.6 Å². The second kappa shape index (κ2) is 5.00. The van der Waals surface area contributed by atoms with Gasteiger partial charge in [-0.05, 0) is 9.91 Å². The van der Waals surface area contributed by atoms with Gasteiger partial charge in [-0.3, -0.25) is 0 Å². The van der Waals surface area contributed by atoms with Crippen LogP contribution in [0.25, 0.3) is 0 Å². The molecule has 0 saturated carbocycles. The average molecular weight is 267 g/mol. The highest BCUT2D eigenvalue weighted by Crippen LogP contribution is 2.34. The molecule has 1 aromatic heterocycles. The predicted octanol–water partition coefficient (Wildman–Crippen LogP) is 2.37. The van der Waals surface area contributed by atoms with Crippen LogP contribution in [0.3, 0.4) is 0 Å². The Labute approximate surface area is 98.3 Å². The molecule has 0 amide bonds. The number of methoxy groups -OCH3 is 1. The maximum atomic E-state index is 12.7. The number of rotatable bonds is 3. The van der Waals surface area contributed by atoms with Gasteiger partial charge in [0, 0.05) is 0 Å². The molecule has 0 bridgehead atoms. The SMILES string of the molecule is COC(=O)c1c([N+](=O)[O-])ncc(Cl)c1C(F)F. The van der Waals surface area contributed by atoms with E-state index >= 15 is 0 Å². The Morgan fingerprint density at radius 3 is 2.65 bits per heavy atom. The molecule has 1 heterocycles. The van der Waals surface area contributed by atoms with Crippen molar-refractivity contribution in [1.82, 2.24) is 4.98 Å². The predicted molar refractivity (Wildman–Crippen MR) is 52.2 cm³/mol. The molecule has 0 aliphatic rings. The number of esters is 1. The molecule has 6 nitrogen and oxygen atoms in total. The number of nitro groups is 1. The van der Waals surface area contributed by atoms with E-state index in [0.29, 0.717) is 6.20 Å². The third-order valence-electron chi connectivity index (χ3n) is 1.83. The summed E-state index contributed by atoms with van der Waals surface area (Å²) >= 11 is 5.43. The fraction of sp³-hybridized carbons (Fsp3) is 0.250. The zero-order valence-electron chi connectivity index (χ0n) is 8.32. The Morgan fingerprint density at radius 1 is 1.65 bits per heavy atom. The molecule has 0 N–H and O–H groups in total. The summed E-state index contributed by atoms with van der Waals surface area (Å²) in [5.41, 5.74) is -1.89. The van der Waals surface area contributed by atoms with Gasteiger partial charge in [-0.2, -0.15) is 0 Å². The van der Waals surface area contributed by atoms with E-state index in [1.54, 1.807) is 0 Å². The monoisotopic (exact) mass is 266 g/mol. The molecule has 0 aromatic carbocycles. The number of pyridine rings is 1. The molecule has 0 saturated heterocycles. The highest BCUT2D eigenvalue weighted by molar-refractivity contribution is 6.31.